The van der Waals surface area contributed by atoms with E-state index in [0.717, 1.165) is 28.3 Å². The van der Waals surface area contributed by atoms with Crippen LogP contribution in [-0.4, -0.2) is 14.8 Å². The summed E-state index contributed by atoms with van der Waals surface area (Å²) in [6.07, 6.45) is 0. The van der Waals surface area contributed by atoms with Gasteiger partial charge in [-0.3, -0.25) is 30.3 Å². The average molecular weight is 389 g/mol. The van der Waals surface area contributed by atoms with Crippen LogP contribution in [0.15, 0.2) is 66.7 Å². The Morgan fingerprint density at radius 2 is 1.14 bits per heavy atom. The third-order valence-electron chi connectivity index (χ3n) is 4.70. The van der Waals surface area contributed by atoms with Crippen molar-refractivity contribution in [3.8, 4) is 11.1 Å². The van der Waals surface area contributed by atoms with Crippen LogP contribution in [0.4, 0.5) is 17.1 Å². The number of nitro groups is 3. The molecular formula is C20H11N3O6. The molecule has 4 aromatic rings. The minimum atomic E-state index is -0.889. The summed E-state index contributed by atoms with van der Waals surface area (Å²) >= 11 is 0. The standard InChI is InChI=1S/C20H11N3O6/c24-21(25)15-10-18(22(26)27)20(19(11-15)23(28)29)16-7-3-6-14-8-12-4-1-2-5-13(12)9-17(14)16/h1-11H. The molecule has 29 heavy (non-hydrogen) atoms. The number of hydrogen-bond donors (Lipinski definition) is 0. The Morgan fingerprint density at radius 1 is 0.586 bits per heavy atom. The van der Waals surface area contributed by atoms with E-state index in [0.29, 0.717) is 5.39 Å². The molecule has 9 nitrogen and oxygen atoms in total. The molecule has 0 heterocycles. The monoisotopic (exact) mass is 389 g/mol. The zero-order valence-corrected chi connectivity index (χ0v) is 14.6. The van der Waals surface area contributed by atoms with Gasteiger partial charge in [-0.25, -0.2) is 0 Å². The molecular weight excluding hydrogens is 378 g/mol. The Morgan fingerprint density at radius 3 is 1.69 bits per heavy atom. The Hall–Kier alpha value is -4.40. The van der Waals surface area contributed by atoms with Crippen LogP contribution < -0.4 is 0 Å². The first-order chi connectivity index (χ1) is 13.9. The van der Waals surface area contributed by atoms with Crippen molar-refractivity contribution in [1.29, 1.82) is 0 Å². The molecule has 0 bridgehead atoms. The quantitative estimate of drug-likeness (QED) is 0.261. The molecule has 4 aromatic carbocycles. The van der Waals surface area contributed by atoms with Crippen LogP contribution in [0.3, 0.4) is 0 Å². The van der Waals surface area contributed by atoms with Crippen LogP contribution in [0.1, 0.15) is 0 Å². The zero-order valence-electron chi connectivity index (χ0n) is 14.6. The van der Waals surface area contributed by atoms with Crippen LogP contribution in [0.5, 0.6) is 0 Å². The second kappa shape index (κ2) is 6.64. The average Bonchev–Trinajstić information content (AvgIpc) is 2.70. The maximum atomic E-state index is 11.7. The molecule has 4 rings (SSSR count). The van der Waals surface area contributed by atoms with Crippen LogP contribution in [0.25, 0.3) is 32.7 Å². The van der Waals surface area contributed by atoms with Gasteiger partial charge in [-0.15, -0.1) is 0 Å². The zero-order chi connectivity index (χ0) is 20.7. The summed E-state index contributed by atoms with van der Waals surface area (Å²) in [5.41, 5.74) is -2.08. The van der Waals surface area contributed by atoms with E-state index in [-0.39, 0.29) is 11.1 Å². The molecule has 0 N–H and O–H groups in total. The van der Waals surface area contributed by atoms with Gasteiger partial charge >= 0.3 is 0 Å². The van der Waals surface area contributed by atoms with Gasteiger partial charge in [0.15, 0.2) is 0 Å². The van der Waals surface area contributed by atoms with Crippen molar-refractivity contribution in [2.24, 2.45) is 0 Å². The summed E-state index contributed by atoms with van der Waals surface area (Å²) in [4.78, 5) is 31.9. The Labute approximate surface area is 162 Å². The molecule has 0 aliphatic heterocycles. The highest BCUT2D eigenvalue weighted by atomic mass is 16.6. The van der Waals surface area contributed by atoms with Crippen LogP contribution >= 0.6 is 0 Å². The first kappa shape index (κ1) is 18.0. The fraction of sp³-hybridized carbons (Fsp3) is 0. The van der Waals surface area contributed by atoms with Gasteiger partial charge in [0.05, 0.1) is 26.9 Å². The smallest absolute Gasteiger partial charge is 0.258 e. The highest BCUT2D eigenvalue weighted by Gasteiger charge is 2.32. The third kappa shape index (κ3) is 3.00. The van der Waals surface area contributed by atoms with Crippen LogP contribution in [0.2, 0.25) is 0 Å². The van der Waals surface area contributed by atoms with E-state index in [1.807, 2.05) is 30.3 Å². The topological polar surface area (TPSA) is 129 Å². The number of rotatable bonds is 4. The number of hydrogen-bond acceptors (Lipinski definition) is 6. The number of fused-ring (bicyclic) bond motifs is 2. The van der Waals surface area contributed by atoms with Crippen molar-refractivity contribution in [3.63, 3.8) is 0 Å². The van der Waals surface area contributed by atoms with Crippen molar-refractivity contribution in [2.75, 3.05) is 0 Å². The van der Waals surface area contributed by atoms with Crippen molar-refractivity contribution >= 4 is 38.6 Å². The van der Waals surface area contributed by atoms with Gasteiger partial charge in [0.25, 0.3) is 17.1 Å². The molecule has 0 atom stereocenters. The van der Waals surface area contributed by atoms with E-state index in [1.54, 1.807) is 18.2 Å². The van der Waals surface area contributed by atoms with Gasteiger partial charge in [0, 0.05) is 5.56 Å². The van der Waals surface area contributed by atoms with Crippen LogP contribution in [-0.2, 0) is 0 Å². The van der Waals surface area contributed by atoms with Gasteiger partial charge < -0.3 is 0 Å². The van der Waals surface area contributed by atoms with Crippen LogP contribution in [0, 0.1) is 30.3 Å². The molecule has 0 amide bonds. The highest BCUT2D eigenvalue weighted by molar-refractivity contribution is 6.07. The molecule has 142 valence electrons. The second-order valence-corrected chi connectivity index (χ2v) is 6.36. The van der Waals surface area contributed by atoms with Crippen molar-refractivity contribution in [1.82, 2.24) is 0 Å². The molecule has 9 heteroatoms. The maximum absolute atomic E-state index is 11.7. The van der Waals surface area contributed by atoms with Gasteiger partial charge in [-0.05, 0) is 33.7 Å². The van der Waals surface area contributed by atoms with Gasteiger partial charge in [0.1, 0.15) is 5.56 Å². The summed E-state index contributed by atoms with van der Waals surface area (Å²) in [5.74, 6) is 0. The normalized spacial score (nSPS) is 10.9. The molecule has 0 fully saturated rings. The third-order valence-corrected chi connectivity index (χ3v) is 4.70. The Bertz CT molecular complexity index is 1310. The minimum Gasteiger partial charge on any atom is -0.258 e. The molecule has 0 radical (unpaired) electrons. The number of nitro benzene ring substituents is 3. The fourth-order valence-electron chi connectivity index (χ4n) is 3.45. The van der Waals surface area contributed by atoms with E-state index in [4.69, 9.17) is 0 Å². The first-order valence-electron chi connectivity index (χ1n) is 8.40. The lowest BCUT2D eigenvalue weighted by Gasteiger charge is -2.10. The van der Waals surface area contributed by atoms with Crippen molar-refractivity contribution in [3.05, 3.63) is 97.1 Å². The predicted octanol–water partition coefficient (Wildman–Crippen LogP) is 5.38. The largest absolute Gasteiger partial charge is 0.291 e. The Balaban J connectivity index is 2.15. The lowest BCUT2D eigenvalue weighted by Crippen LogP contribution is -2.01. The lowest BCUT2D eigenvalue weighted by molar-refractivity contribution is -0.402. The van der Waals surface area contributed by atoms with E-state index in [9.17, 15) is 30.3 Å². The minimum absolute atomic E-state index is 0.258. The fourth-order valence-corrected chi connectivity index (χ4v) is 3.45. The summed E-state index contributed by atoms with van der Waals surface area (Å²) < 4.78 is 0. The second-order valence-electron chi connectivity index (χ2n) is 6.36. The van der Waals surface area contributed by atoms with E-state index in [2.05, 4.69) is 0 Å². The molecule has 0 spiro atoms. The van der Waals surface area contributed by atoms with Gasteiger partial charge in [-0.1, -0.05) is 42.5 Å². The van der Waals surface area contributed by atoms with Crippen molar-refractivity contribution < 1.29 is 14.8 Å². The van der Waals surface area contributed by atoms with Gasteiger partial charge in [-0.2, -0.15) is 0 Å². The lowest BCUT2D eigenvalue weighted by atomic mass is 9.93. The van der Waals surface area contributed by atoms with Crippen molar-refractivity contribution in [2.45, 2.75) is 0 Å². The Kier molecular flexibility index (Phi) is 4.12. The summed E-state index contributed by atoms with van der Waals surface area (Å²) in [6.45, 7) is 0. The predicted molar refractivity (Wildman–Crippen MR) is 107 cm³/mol. The molecule has 0 aliphatic carbocycles. The maximum Gasteiger partial charge on any atom is 0.291 e. The highest BCUT2D eigenvalue weighted by Crippen LogP contribution is 2.44. The first-order valence-corrected chi connectivity index (χ1v) is 8.40. The summed E-state index contributed by atoms with van der Waals surface area (Å²) in [6, 6.07) is 17.7. The number of nitrogens with zero attached hydrogens (tertiary/aromatic N) is 3. The summed E-state index contributed by atoms with van der Waals surface area (Å²) in [7, 11) is 0. The van der Waals surface area contributed by atoms with E-state index in [1.165, 1.54) is 6.07 Å². The van der Waals surface area contributed by atoms with Gasteiger partial charge in [0.2, 0.25) is 0 Å². The van der Waals surface area contributed by atoms with E-state index >= 15 is 0 Å². The number of non-ortho nitro benzene ring substituents is 1. The number of benzene rings is 4. The molecule has 0 saturated heterocycles. The SMILES string of the molecule is O=[N+]([O-])c1cc([N+](=O)[O-])c(-c2cccc3cc4ccccc4cc23)c([N+](=O)[O-])c1. The van der Waals surface area contributed by atoms with E-state index < -0.39 is 31.8 Å². The molecule has 0 aliphatic rings. The molecule has 0 unspecified atom stereocenters. The summed E-state index contributed by atoms with van der Waals surface area (Å²) in [5, 5.41) is 37.5. The molecule has 0 saturated carbocycles. The molecule has 0 aromatic heterocycles.